The van der Waals surface area contributed by atoms with Crippen molar-refractivity contribution >= 4 is 16.9 Å². The van der Waals surface area contributed by atoms with Crippen LogP contribution in [-0.4, -0.2) is 5.97 Å². The fraction of sp³-hybridized carbons (Fsp3) is 0.0625. The molecule has 0 unspecified atom stereocenters. The second-order valence-electron chi connectivity index (χ2n) is 4.40. The van der Waals surface area contributed by atoms with Crippen molar-refractivity contribution in [1.29, 1.82) is 0 Å². The standard InChI is InChI=1S/C16H11FO3/c1-10-13-7-2-3-8-14(13)20-15(10)16(18)19-12-6-4-5-11(17)9-12/h2-9H,1H3. The van der Waals surface area contributed by atoms with Crippen LogP contribution in [-0.2, 0) is 0 Å². The van der Waals surface area contributed by atoms with Gasteiger partial charge in [0.25, 0.3) is 0 Å². The van der Waals surface area contributed by atoms with Crippen LogP contribution in [0.5, 0.6) is 5.75 Å². The molecule has 0 radical (unpaired) electrons. The van der Waals surface area contributed by atoms with Crippen molar-refractivity contribution in [3.8, 4) is 5.75 Å². The maximum atomic E-state index is 13.1. The summed E-state index contributed by atoms with van der Waals surface area (Å²) in [6.45, 7) is 1.79. The number of halogens is 1. The molecular formula is C16H11FO3. The molecule has 0 bridgehead atoms. The Balaban J connectivity index is 1.95. The van der Waals surface area contributed by atoms with E-state index in [1.165, 1.54) is 18.2 Å². The van der Waals surface area contributed by atoms with Crippen LogP contribution in [0.15, 0.2) is 52.9 Å². The third-order valence-corrected chi connectivity index (χ3v) is 3.04. The van der Waals surface area contributed by atoms with Gasteiger partial charge in [0.2, 0.25) is 5.76 Å². The Hall–Kier alpha value is -2.62. The first-order valence-corrected chi connectivity index (χ1v) is 6.11. The monoisotopic (exact) mass is 270 g/mol. The molecule has 0 saturated carbocycles. The highest BCUT2D eigenvalue weighted by Crippen LogP contribution is 2.26. The number of hydrogen-bond acceptors (Lipinski definition) is 3. The number of rotatable bonds is 2. The van der Waals surface area contributed by atoms with Crippen molar-refractivity contribution in [2.75, 3.05) is 0 Å². The second kappa shape index (κ2) is 4.81. The van der Waals surface area contributed by atoms with Gasteiger partial charge in [-0.2, -0.15) is 0 Å². The number of fused-ring (bicyclic) bond motifs is 1. The lowest BCUT2D eigenvalue weighted by Gasteiger charge is -2.02. The van der Waals surface area contributed by atoms with Crippen LogP contribution in [0.1, 0.15) is 16.1 Å². The van der Waals surface area contributed by atoms with Crippen LogP contribution in [0.4, 0.5) is 4.39 Å². The van der Waals surface area contributed by atoms with E-state index in [1.807, 2.05) is 18.2 Å². The highest BCUT2D eigenvalue weighted by molar-refractivity contribution is 5.96. The van der Waals surface area contributed by atoms with Crippen molar-refractivity contribution in [2.24, 2.45) is 0 Å². The molecule has 20 heavy (non-hydrogen) atoms. The van der Waals surface area contributed by atoms with Gasteiger partial charge in [0.1, 0.15) is 17.1 Å². The fourth-order valence-electron chi connectivity index (χ4n) is 2.05. The third kappa shape index (κ3) is 2.16. The fourth-order valence-corrected chi connectivity index (χ4v) is 2.05. The minimum atomic E-state index is -0.635. The summed E-state index contributed by atoms with van der Waals surface area (Å²) >= 11 is 0. The summed E-state index contributed by atoms with van der Waals surface area (Å²) in [5.74, 6) is -0.814. The highest BCUT2D eigenvalue weighted by Gasteiger charge is 2.19. The molecule has 0 aliphatic carbocycles. The Labute approximate surface area is 114 Å². The van der Waals surface area contributed by atoms with E-state index in [2.05, 4.69) is 0 Å². The molecular weight excluding hydrogens is 259 g/mol. The highest BCUT2D eigenvalue weighted by atomic mass is 19.1. The van der Waals surface area contributed by atoms with Gasteiger partial charge in [-0.3, -0.25) is 0 Å². The van der Waals surface area contributed by atoms with Crippen molar-refractivity contribution in [1.82, 2.24) is 0 Å². The number of hydrogen-bond donors (Lipinski definition) is 0. The van der Waals surface area contributed by atoms with E-state index in [0.717, 1.165) is 11.5 Å². The Morgan fingerprint density at radius 1 is 1.15 bits per heavy atom. The van der Waals surface area contributed by atoms with E-state index in [-0.39, 0.29) is 11.5 Å². The van der Waals surface area contributed by atoms with Gasteiger partial charge in [-0.25, -0.2) is 9.18 Å². The lowest BCUT2D eigenvalue weighted by atomic mass is 10.1. The van der Waals surface area contributed by atoms with Crippen molar-refractivity contribution in [3.05, 3.63) is 65.7 Å². The summed E-state index contributed by atoms with van der Waals surface area (Å²) in [6.07, 6.45) is 0. The van der Waals surface area contributed by atoms with Gasteiger partial charge >= 0.3 is 5.97 Å². The minimum absolute atomic E-state index is 0.135. The maximum Gasteiger partial charge on any atom is 0.379 e. The molecule has 0 N–H and O–H groups in total. The van der Waals surface area contributed by atoms with Crippen LogP contribution in [0.2, 0.25) is 0 Å². The molecule has 0 fully saturated rings. The first-order chi connectivity index (χ1) is 9.65. The number of furan rings is 1. The second-order valence-corrected chi connectivity index (χ2v) is 4.40. The molecule has 0 aliphatic rings. The SMILES string of the molecule is Cc1c(C(=O)Oc2cccc(F)c2)oc2ccccc12. The Morgan fingerprint density at radius 2 is 1.95 bits per heavy atom. The Morgan fingerprint density at radius 3 is 2.70 bits per heavy atom. The molecule has 3 nitrogen and oxygen atoms in total. The largest absolute Gasteiger partial charge is 0.449 e. The number of aryl methyl sites for hydroxylation is 1. The molecule has 100 valence electrons. The van der Waals surface area contributed by atoms with E-state index in [0.29, 0.717) is 11.1 Å². The van der Waals surface area contributed by atoms with Gasteiger partial charge in [-0.05, 0) is 25.1 Å². The maximum absolute atomic E-state index is 13.1. The van der Waals surface area contributed by atoms with Crippen LogP contribution >= 0.6 is 0 Å². The minimum Gasteiger partial charge on any atom is -0.449 e. The summed E-state index contributed by atoms with van der Waals surface area (Å²) in [7, 11) is 0. The quantitative estimate of drug-likeness (QED) is 0.520. The van der Waals surface area contributed by atoms with Crippen LogP contribution in [0.3, 0.4) is 0 Å². The number of benzene rings is 2. The summed E-state index contributed by atoms with van der Waals surface area (Å²) in [6, 6.07) is 12.8. The van der Waals surface area contributed by atoms with E-state index in [1.54, 1.807) is 13.0 Å². The summed E-state index contributed by atoms with van der Waals surface area (Å²) in [5.41, 5.74) is 1.33. The average molecular weight is 270 g/mol. The smallest absolute Gasteiger partial charge is 0.379 e. The van der Waals surface area contributed by atoms with E-state index >= 15 is 0 Å². The Bertz CT molecular complexity index is 789. The molecule has 0 atom stereocenters. The molecule has 2 aromatic carbocycles. The van der Waals surface area contributed by atoms with E-state index in [4.69, 9.17) is 9.15 Å². The zero-order valence-corrected chi connectivity index (χ0v) is 10.7. The normalized spacial score (nSPS) is 10.7. The predicted octanol–water partition coefficient (Wildman–Crippen LogP) is 4.10. The predicted molar refractivity (Wildman–Crippen MR) is 72.3 cm³/mol. The number of carbonyl (C=O) groups excluding carboxylic acids is 1. The number of para-hydroxylation sites is 1. The summed E-state index contributed by atoms with van der Waals surface area (Å²) < 4.78 is 23.7. The van der Waals surface area contributed by atoms with Gasteiger partial charge in [0, 0.05) is 17.0 Å². The molecule has 1 aromatic heterocycles. The average Bonchev–Trinajstić information content (AvgIpc) is 2.77. The number of carbonyl (C=O) groups is 1. The van der Waals surface area contributed by atoms with Crippen LogP contribution in [0.25, 0.3) is 11.0 Å². The van der Waals surface area contributed by atoms with Gasteiger partial charge < -0.3 is 9.15 Å². The molecule has 0 saturated heterocycles. The summed E-state index contributed by atoms with van der Waals surface area (Å²) in [5, 5.41) is 0.860. The van der Waals surface area contributed by atoms with E-state index in [9.17, 15) is 9.18 Å². The first-order valence-electron chi connectivity index (χ1n) is 6.11. The van der Waals surface area contributed by atoms with Crippen LogP contribution < -0.4 is 4.74 Å². The number of ether oxygens (including phenoxy) is 1. The summed E-state index contributed by atoms with van der Waals surface area (Å²) in [4.78, 5) is 12.1. The zero-order chi connectivity index (χ0) is 14.1. The van der Waals surface area contributed by atoms with Crippen LogP contribution in [0, 0.1) is 12.7 Å². The van der Waals surface area contributed by atoms with Crippen molar-refractivity contribution in [2.45, 2.75) is 6.92 Å². The first kappa shape index (κ1) is 12.4. The van der Waals surface area contributed by atoms with Gasteiger partial charge in [0.05, 0.1) is 0 Å². The molecule has 0 spiro atoms. The lowest BCUT2D eigenvalue weighted by Crippen LogP contribution is -2.08. The third-order valence-electron chi connectivity index (χ3n) is 3.04. The number of esters is 1. The topological polar surface area (TPSA) is 39.4 Å². The molecule has 0 aliphatic heterocycles. The lowest BCUT2D eigenvalue weighted by molar-refractivity contribution is 0.0702. The van der Waals surface area contributed by atoms with Gasteiger partial charge in [0.15, 0.2) is 0 Å². The Kier molecular flexibility index (Phi) is 2.99. The zero-order valence-electron chi connectivity index (χ0n) is 10.7. The molecule has 4 heteroatoms. The molecule has 3 rings (SSSR count). The van der Waals surface area contributed by atoms with Crippen molar-refractivity contribution in [3.63, 3.8) is 0 Å². The van der Waals surface area contributed by atoms with E-state index < -0.39 is 11.8 Å². The molecule has 0 amide bonds. The molecule has 1 heterocycles. The van der Waals surface area contributed by atoms with Gasteiger partial charge in [-0.1, -0.05) is 24.3 Å². The molecule has 3 aromatic rings. The van der Waals surface area contributed by atoms with Gasteiger partial charge in [-0.15, -0.1) is 0 Å². The van der Waals surface area contributed by atoms with Crippen molar-refractivity contribution < 1.29 is 18.3 Å².